The molecular formula is C14H26N2O4. The number of morpholine rings is 1. The molecule has 20 heavy (non-hydrogen) atoms. The quantitative estimate of drug-likeness (QED) is 0.827. The largest absolute Gasteiger partial charge is 0.480 e. The number of nitrogens with zero attached hydrogens (tertiary/aromatic N) is 1. The highest BCUT2D eigenvalue weighted by Crippen LogP contribution is 2.21. The van der Waals surface area contributed by atoms with E-state index < -0.39 is 17.4 Å². The maximum absolute atomic E-state index is 12.4. The van der Waals surface area contributed by atoms with E-state index in [1.807, 2.05) is 13.8 Å². The number of rotatable bonds is 3. The van der Waals surface area contributed by atoms with Crippen LogP contribution in [-0.4, -0.2) is 53.3 Å². The normalized spacial score (nSPS) is 25.1. The third-order valence-electron chi connectivity index (χ3n) is 3.58. The molecule has 116 valence electrons. The number of carbonyl (C=O) groups excluding carboxylic acids is 1. The van der Waals surface area contributed by atoms with E-state index in [-0.39, 0.29) is 18.2 Å². The number of amides is 2. The standard InChI is InChI=1S/C14H26N2O4/c1-6-10-8-20-9(2)7-16(10)13(19)15-11(12(17)18)14(3,4)5/h9-11H,6-8H2,1-5H3,(H,15,19)(H,17,18). The lowest BCUT2D eigenvalue weighted by Gasteiger charge is -2.39. The lowest BCUT2D eigenvalue weighted by atomic mass is 9.87. The smallest absolute Gasteiger partial charge is 0.326 e. The Morgan fingerprint density at radius 1 is 1.45 bits per heavy atom. The fraction of sp³-hybridized carbons (Fsp3) is 0.857. The van der Waals surface area contributed by atoms with Gasteiger partial charge in [-0.1, -0.05) is 27.7 Å². The summed E-state index contributed by atoms with van der Waals surface area (Å²) in [4.78, 5) is 25.4. The number of carboxylic acid groups (broad SMARTS) is 1. The van der Waals surface area contributed by atoms with E-state index >= 15 is 0 Å². The number of hydrogen-bond donors (Lipinski definition) is 2. The Morgan fingerprint density at radius 2 is 2.05 bits per heavy atom. The molecule has 6 heteroatoms. The molecule has 0 saturated carbocycles. The molecule has 6 nitrogen and oxygen atoms in total. The lowest BCUT2D eigenvalue weighted by molar-refractivity contribution is -0.142. The van der Waals surface area contributed by atoms with E-state index in [9.17, 15) is 14.7 Å². The second kappa shape index (κ2) is 6.43. The molecule has 3 unspecified atom stereocenters. The highest BCUT2D eigenvalue weighted by Gasteiger charge is 2.36. The van der Waals surface area contributed by atoms with E-state index in [0.29, 0.717) is 13.2 Å². The van der Waals surface area contributed by atoms with Crippen LogP contribution >= 0.6 is 0 Å². The zero-order chi connectivity index (χ0) is 15.5. The molecule has 1 rings (SSSR count). The number of nitrogens with one attached hydrogen (secondary N) is 1. The summed E-state index contributed by atoms with van der Waals surface area (Å²) >= 11 is 0. The molecule has 1 saturated heterocycles. The predicted octanol–water partition coefficient (Wildman–Crippen LogP) is 1.69. The van der Waals surface area contributed by atoms with Crippen LogP contribution in [0, 0.1) is 5.41 Å². The topological polar surface area (TPSA) is 78.9 Å². The number of urea groups is 1. The van der Waals surface area contributed by atoms with Crippen molar-refractivity contribution in [2.45, 2.75) is 59.2 Å². The summed E-state index contributed by atoms with van der Waals surface area (Å²) in [6.45, 7) is 10.3. The van der Waals surface area contributed by atoms with Crippen molar-refractivity contribution in [3.8, 4) is 0 Å². The van der Waals surface area contributed by atoms with E-state index in [4.69, 9.17) is 4.74 Å². The van der Waals surface area contributed by atoms with Crippen LogP contribution in [0.5, 0.6) is 0 Å². The summed E-state index contributed by atoms with van der Waals surface area (Å²) in [7, 11) is 0. The van der Waals surface area contributed by atoms with Gasteiger partial charge in [0.1, 0.15) is 6.04 Å². The Hall–Kier alpha value is -1.30. The summed E-state index contributed by atoms with van der Waals surface area (Å²) in [5.41, 5.74) is -0.541. The van der Waals surface area contributed by atoms with Crippen LogP contribution in [0.3, 0.4) is 0 Å². The van der Waals surface area contributed by atoms with Crippen molar-refractivity contribution in [1.29, 1.82) is 0 Å². The summed E-state index contributed by atoms with van der Waals surface area (Å²) < 4.78 is 5.54. The third-order valence-corrected chi connectivity index (χ3v) is 3.58. The van der Waals surface area contributed by atoms with Crippen molar-refractivity contribution >= 4 is 12.0 Å². The Bertz CT molecular complexity index is 365. The highest BCUT2D eigenvalue weighted by atomic mass is 16.5. The van der Waals surface area contributed by atoms with Crippen molar-refractivity contribution in [2.24, 2.45) is 5.41 Å². The molecular weight excluding hydrogens is 260 g/mol. The van der Waals surface area contributed by atoms with Crippen LogP contribution in [-0.2, 0) is 9.53 Å². The summed E-state index contributed by atoms with van der Waals surface area (Å²) in [6.07, 6.45) is 0.759. The molecule has 0 aromatic heterocycles. The van der Waals surface area contributed by atoms with Gasteiger partial charge in [-0.25, -0.2) is 9.59 Å². The molecule has 0 spiro atoms. The molecule has 0 aliphatic carbocycles. The van der Waals surface area contributed by atoms with E-state index in [0.717, 1.165) is 6.42 Å². The van der Waals surface area contributed by atoms with Gasteiger partial charge in [0.05, 0.1) is 18.8 Å². The third kappa shape index (κ3) is 4.10. The molecule has 1 aliphatic rings. The van der Waals surface area contributed by atoms with Gasteiger partial charge in [0, 0.05) is 6.54 Å². The Morgan fingerprint density at radius 3 is 2.50 bits per heavy atom. The fourth-order valence-electron chi connectivity index (χ4n) is 2.29. The second-order valence-corrected chi connectivity index (χ2v) is 6.45. The summed E-state index contributed by atoms with van der Waals surface area (Å²) in [6, 6.07) is -1.24. The molecule has 2 N–H and O–H groups in total. The molecule has 0 aromatic rings. The molecule has 3 atom stereocenters. The molecule has 1 heterocycles. The number of ether oxygens (including phenoxy) is 1. The van der Waals surface area contributed by atoms with Crippen LogP contribution in [0.2, 0.25) is 0 Å². The Balaban J connectivity index is 2.79. The fourth-order valence-corrected chi connectivity index (χ4v) is 2.29. The van der Waals surface area contributed by atoms with Gasteiger partial charge in [-0.3, -0.25) is 0 Å². The van der Waals surface area contributed by atoms with Crippen molar-refractivity contribution in [2.75, 3.05) is 13.2 Å². The molecule has 1 fully saturated rings. The number of aliphatic carboxylic acids is 1. The van der Waals surface area contributed by atoms with Gasteiger partial charge in [-0.05, 0) is 18.8 Å². The van der Waals surface area contributed by atoms with Crippen LogP contribution in [0.4, 0.5) is 4.79 Å². The van der Waals surface area contributed by atoms with Crippen LogP contribution in [0.25, 0.3) is 0 Å². The number of carboxylic acids is 1. The maximum Gasteiger partial charge on any atom is 0.326 e. The molecule has 0 aromatic carbocycles. The summed E-state index contributed by atoms with van der Waals surface area (Å²) in [5, 5.41) is 11.9. The van der Waals surface area contributed by atoms with Crippen molar-refractivity contribution < 1.29 is 19.4 Å². The van der Waals surface area contributed by atoms with Crippen molar-refractivity contribution in [1.82, 2.24) is 10.2 Å². The zero-order valence-electron chi connectivity index (χ0n) is 13.0. The predicted molar refractivity (Wildman–Crippen MR) is 75.6 cm³/mol. The lowest BCUT2D eigenvalue weighted by Crippen LogP contribution is -2.59. The first-order valence-corrected chi connectivity index (χ1v) is 7.08. The number of carbonyl (C=O) groups is 2. The van der Waals surface area contributed by atoms with Gasteiger partial charge < -0.3 is 20.1 Å². The first-order chi connectivity index (χ1) is 9.16. The SMILES string of the molecule is CCC1COC(C)CN1C(=O)NC(C(=O)O)C(C)(C)C. The average Bonchev–Trinajstić information content (AvgIpc) is 2.33. The van der Waals surface area contributed by atoms with Gasteiger partial charge in [0.25, 0.3) is 0 Å². The van der Waals surface area contributed by atoms with Gasteiger partial charge in [-0.2, -0.15) is 0 Å². The van der Waals surface area contributed by atoms with Crippen molar-refractivity contribution in [3.05, 3.63) is 0 Å². The van der Waals surface area contributed by atoms with E-state index in [1.165, 1.54) is 0 Å². The summed E-state index contributed by atoms with van der Waals surface area (Å²) in [5.74, 6) is -1.01. The first-order valence-electron chi connectivity index (χ1n) is 7.08. The number of hydrogen-bond acceptors (Lipinski definition) is 3. The van der Waals surface area contributed by atoms with Crippen molar-refractivity contribution in [3.63, 3.8) is 0 Å². The minimum atomic E-state index is -1.01. The zero-order valence-corrected chi connectivity index (χ0v) is 13.0. The van der Waals surface area contributed by atoms with Gasteiger partial charge in [-0.15, -0.1) is 0 Å². The minimum absolute atomic E-state index is 0.000568. The molecule has 2 amide bonds. The maximum atomic E-state index is 12.4. The van der Waals surface area contributed by atoms with Crippen LogP contribution < -0.4 is 5.32 Å². The first kappa shape index (κ1) is 16.8. The molecule has 0 radical (unpaired) electrons. The van der Waals surface area contributed by atoms with E-state index in [2.05, 4.69) is 5.32 Å². The van der Waals surface area contributed by atoms with Gasteiger partial charge >= 0.3 is 12.0 Å². The average molecular weight is 286 g/mol. The monoisotopic (exact) mass is 286 g/mol. The Kier molecular flexibility index (Phi) is 5.39. The van der Waals surface area contributed by atoms with Crippen LogP contribution in [0.1, 0.15) is 41.0 Å². The van der Waals surface area contributed by atoms with E-state index in [1.54, 1.807) is 25.7 Å². The molecule has 0 bridgehead atoms. The van der Waals surface area contributed by atoms with Gasteiger partial charge in [0.15, 0.2) is 0 Å². The second-order valence-electron chi connectivity index (χ2n) is 6.45. The molecule has 1 aliphatic heterocycles. The highest BCUT2D eigenvalue weighted by molar-refractivity contribution is 5.83. The van der Waals surface area contributed by atoms with Crippen LogP contribution in [0.15, 0.2) is 0 Å². The Labute approximate surface area is 120 Å². The van der Waals surface area contributed by atoms with Gasteiger partial charge in [0.2, 0.25) is 0 Å². The minimum Gasteiger partial charge on any atom is -0.480 e.